The van der Waals surface area contributed by atoms with Gasteiger partial charge in [-0.2, -0.15) is 9.97 Å². The van der Waals surface area contributed by atoms with Gasteiger partial charge in [0.2, 0.25) is 5.28 Å². The van der Waals surface area contributed by atoms with Crippen molar-refractivity contribution in [3.8, 4) is 0 Å². The summed E-state index contributed by atoms with van der Waals surface area (Å²) in [4.78, 5) is 24.8. The molecule has 0 unspecified atom stereocenters. The predicted molar refractivity (Wildman–Crippen MR) is 104 cm³/mol. The van der Waals surface area contributed by atoms with Crippen molar-refractivity contribution in [1.29, 1.82) is 0 Å². The van der Waals surface area contributed by atoms with Gasteiger partial charge in [0.05, 0.1) is 6.33 Å². The number of nitrogens with zero attached hydrogens (tertiary/aromatic N) is 4. The maximum Gasteiger partial charge on any atom is 0.252 e. The Bertz CT molecular complexity index is 1100. The predicted octanol–water partition coefficient (Wildman–Crippen LogP) is 0.596. The van der Waals surface area contributed by atoms with Gasteiger partial charge in [-0.25, -0.2) is 9.37 Å². The number of amides is 1. The van der Waals surface area contributed by atoms with Crippen molar-refractivity contribution < 1.29 is 24.1 Å². The Balaban J connectivity index is 1.54. The lowest BCUT2D eigenvalue weighted by Gasteiger charge is -2.16. The van der Waals surface area contributed by atoms with Crippen molar-refractivity contribution in [2.45, 2.75) is 31.1 Å². The second kappa shape index (κ2) is 8.11. The van der Waals surface area contributed by atoms with Gasteiger partial charge in [0.15, 0.2) is 29.3 Å². The standard InChI is InChI=1S/C18H18ClFN6O4/c1-21-14-10-15(25-18(19)24-14)26(7-23-10)17-12(28)11(27)13(30-17)16(29)22-6-8-3-2-4-9(20)5-8/h2-5,7,11-13,17,27-28H,6H2,1H3,(H,22,29)(H,21,24,25)/t11-,12+,13-,17+/m0/s1. The molecule has 3 aromatic rings. The number of imidazole rings is 1. The molecule has 0 bridgehead atoms. The number of fused-ring (bicyclic) bond motifs is 1. The first-order chi connectivity index (χ1) is 14.4. The highest BCUT2D eigenvalue weighted by atomic mass is 35.5. The Labute approximate surface area is 174 Å². The molecule has 4 rings (SSSR count). The molecule has 4 atom stereocenters. The van der Waals surface area contributed by atoms with Crippen molar-refractivity contribution in [2.24, 2.45) is 0 Å². The first kappa shape index (κ1) is 20.4. The lowest BCUT2D eigenvalue weighted by atomic mass is 10.1. The number of hydrogen-bond acceptors (Lipinski definition) is 8. The fraction of sp³-hybridized carbons (Fsp3) is 0.333. The molecule has 1 aliphatic heterocycles. The van der Waals surface area contributed by atoms with Gasteiger partial charge in [-0.3, -0.25) is 9.36 Å². The maximum atomic E-state index is 13.3. The van der Waals surface area contributed by atoms with Crippen LogP contribution in [0.15, 0.2) is 30.6 Å². The number of benzene rings is 1. The van der Waals surface area contributed by atoms with Crippen LogP contribution in [-0.4, -0.2) is 61.0 Å². The smallest absolute Gasteiger partial charge is 0.252 e. The van der Waals surface area contributed by atoms with Crippen molar-refractivity contribution in [1.82, 2.24) is 24.8 Å². The van der Waals surface area contributed by atoms with Crippen LogP contribution in [0.5, 0.6) is 0 Å². The molecule has 0 spiro atoms. The third kappa shape index (κ3) is 3.67. The molecule has 3 heterocycles. The molecule has 10 nitrogen and oxygen atoms in total. The number of ether oxygens (including phenoxy) is 1. The number of aliphatic hydroxyl groups excluding tert-OH is 2. The molecular weight excluding hydrogens is 419 g/mol. The van der Waals surface area contributed by atoms with E-state index in [0.29, 0.717) is 16.9 Å². The normalized spacial score (nSPS) is 23.6. The zero-order valence-corrected chi connectivity index (χ0v) is 16.4. The highest BCUT2D eigenvalue weighted by Gasteiger charge is 2.47. The van der Waals surface area contributed by atoms with E-state index in [1.165, 1.54) is 29.1 Å². The average molecular weight is 437 g/mol. The van der Waals surface area contributed by atoms with Crippen molar-refractivity contribution in [2.75, 3.05) is 12.4 Å². The number of hydrogen-bond donors (Lipinski definition) is 4. The van der Waals surface area contributed by atoms with E-state index in [0.717, 1.165) is 0 Å². The van der Waals surface area contributed by atoms with Crippen LogP contribution in [-0.2, 0) is 16.1 Å². The van der Waals surface area contributed by atoms with Gasteiger partial charge in [-0.1, -0.05) is 12.1 Å². The lowest BCUT2D eigenvalue weighted by molar-refractivity contribution is -0.137. The highest BCUT2D eigenvalue weighted by Crippen LogP contribution is 2.33. The average Bonchev–Trinajstić information content (AvgIpc) is 3.27. The first-order valence-electron chi connectivity index (χ1n) is 9.00. The monoisotopic (exact) mass is 436 g/mol. The number of aliphatic hydroxyl groups is 2. The minimum Gasteiger partial charge on any atom is -0.387 e. The minimum atomic E-state index is -1.50. The van der Waals surface area contributed by atoms with Crippen LogP contribution < -0.4 is 10.6 Å². The van der Waals surface area contributed by atoms with Crippen LogP contribution in [0.2, 0.25) is 5.28 Å². The molecule has 2 aromatic heterocycles. The third-order valence-electron chi connectivity index (χ3n) is 4.76. The van der Waals surface area contributed by atoms with Gasteiger partial charge in [0.1, 0.15) is 18.0 Å². The van der Waals surface area contributed by atoms with Gasteiger partial charge >= 0.3 is 0 Å². The molecule has 1 fully saturated rings. The molecule has 0 saturated carbocycles. The summed E-state index contributed by atoms with van der Waals surface area (Å²) in [6, 6.07) is 5.74. The number of anilines is 1. The third-order valence-corrected chi connectivity index (χ3v) is 4.93. The van der Waals surface area contributed by atoms with E-state index < -0.39 is 36.3 Å². The Morgan fingerprint density at radius 3 is 2.87 bits per heavy atom. The molecule has 1 amide bonds. The maximum absolute atomic E-state index is 13.3. The second-order valence-corrected chi connectivity index (χ2v) is 7.03. The van der Waals surface area contributed by atoms with Crippen LogP contribution in [0.3, 0.4) is 0 Å². The van der Waals surface area contributed by atoms with Gasteiger partial charge in [-0.15, -0.1) is 0 Å². The minimum absolute atomic E-state index is 0.0340. The van der Waals surface area contributed by atoms with E-state index in [4.69, 9.17) is 16.3 Å². The Kier molecular flexibility index (Phi) is 5.52. The van der Waals surface area contributed by atoms with Gasteiger partial charge in [0.25, 0.3) is 5.91 Å². The molecule has 1 aromatic carbocycles. The lowest BCUT2D eigenvalue weighted by Crippen LogP contribution is -2.42. The summed E-state index contributed by atoms with van der Waals surface area (Å²) in [6.07, 6.45) is -4.06. The molecule has 30 heavy (non-hydrogen) atoms. The second-order valence-electron chi connectivity index (χ2n) is 6.69. The summed E-state index contributed by atoms with van der Waals surface area (Å²) in [7, 11) is 1.64. The quantitative estimate of drug-likeness (QED) is 0.427. The summed E-state index contributed by atoms with van der Waals surface area (Å²) in [6.45, 7) is 0.0340. The zero-order valence-electron chi connectivity index (χ0n) is 15.7. The fourth-order valence-corrected chi connectivity index (χ4v) is 3.46. The summed E-state index contributed by atoms with van der Waals surface area (Å²) in [5.41, 5.74) is 1.18. The number of nitrogens with one attached hydrogen (secondary N) is 2. The van der Waals surface area contributed by atoms with Crippen LogP contribution in [0.4, 0.5) is 10.2 Å². The highest BCUT2D eigenvalue weighted by molar-refractivity contribution is 6.28. The number of aromatic nitrogens is 4. The molecule has 1 saturated heterocycles. The van der Waals surface area contributed by atoms with Crippen molar-refractivity contribution in [3.05, 3.63) is 47.3 Å². The van der Waals surface area contributed by atoms with E-state index in [2.05, 4.69) is 25.6 Å². The first-order valence-corrected chi connectivity index (χ1v) is 9.38. The van der Waals surface area contributed by atoms with Gasteiger partial charge in [0, 0.05) is 13.6 Å². The number of carbonyl (C=O) groups is 1. The van der Waals surface area contributed by atoms with E-state index in [1.54, 1.807) is 13.1 Å². The van der Waals surface area contributed by atoms with Crippen LogP contribution in [0, 0.1) is 5.82 Å². The Morgan fingerprint density at radius 1 is 1.33 bits per heavy atom. The molecular formula is C18H18ClFN6O4. The SMILES string of the molecule is CNc1nc(Cl)nc2c1ncn2[C@@H]1O[C@H](C(=O)NCc2cccc(F)c2)[C@@H](O)[C@H]1O. The summed E-state index contributed by atoms with van der Waals surface area (Å²) < 4.78 is 20.3. The summed E-state index contributed by atoms with van der Waals surface area (Å²) in [5, 5.41) is 26.2. The molecule has 12 heteroatoms. The van der Waals surface area contributed by atoms with Crippen LogP contribution in [0.1, 0.15) is 11.8 Å². The number of halogens is 2. The van der Waals surface area contributed by atoms with E-state index in [9.17, 15) is 19.4 Å². The van der Waals surface area contributed by atoms with Gasteiger partial charge < -0.3 is 25.6 Å². The van der Waals surface area contributed by atoms with Crippen molar-refractivity contribution >= 4 is 34.5 Å². The largest absolute Gasteiger partial charge is 0.387 e. The molecule has 0 radical (unpaired) electrons. The van der Waals surface area contributed by atoms with Crippen LogP contribution >= 0.6 is 11.6 Å². The Morgan fingerprint density at radius 2 is 2.13 bits per heavy atom. The van der Waals surface area contributed by atoms with Crippen LogP contribution in [0.25, 0.3) is 11.2 Å². The fourth-order valence-electron chi connectivity index (χ4n) is 3.29. The molecule has 4 N–H and O–H groups in total. The van der Waals surface area contributed by atoms with E-state index in [1.807, 2.05) is 0 Å². The van der Waals surface area contributed by atoms with Crippen molar-refractivity contribution in [3.63, 3.8) is 0 Å². The molecule has 158 valence electrons. The summed E-state index contributed by atoms with van der Waals surface area (Å²) >= 11 is 5.95. The number of rotatable bonds is 5. The topological polar surface area (TPSA) is 134 Å². The molecule has 1 aliphatic rings. The zero-order chi connectivity index (χ0) is 21.4. The van der Waals surface area contributed by atoms with E-state index in [-0.39, 0.29) is 17.5 Å². The number of carbonyl (C=O) groups excluding carboxylic acids is 1. The molecule has 0 aliphatic carbocycles. The van der Waals surface area contributed by atoms with Gasteiger partial charge in [-0.05, 0) is 29.3 Å². The van der Waals surface area contributed by atoms with E-state index >= 15 is 0 Å². The summed E-state index contributed by atoms with van der Waals surface area (Å²) in [5.74, 6) is -0.703. The Hall–Kier alpha value is -2.86.